The summed E-state index contributed by atoms with van der Waals surface area (Å²) in [6.45, 7) is 0.569. The first-order valence-electron chi connectivity index (χ1n) is 9.78. The highest BCUT2D eigenvalue weighted by Gasteiger charge is 2.07. The fraction of sp³-hybridized carbons (Fsp3) is 0.217. The molecule has 0 unspecified atom stereocenters. The van der Waals surface area contributed by atoms with Crippen LogP contribution in [-0.4, -0.2) is 27.4 Å². The van der Waals surface area contributed by atoms with Crippen LogP contribution in [0.25, 0.3) is 21.8 Å². The molecule has 6 nitrogen and oxygen atoms in total. The molecule has 1 amide bonds. The van der Waals surface area contributed by atoms with Crippen LogP contribution < -0.4 is 10.9 Å². The number of carbonyl (C=O) groups excluding carboxylic acids is 1. The Hall–Kier alpha value is -3.54. The summed E-state index contributed by atoms with van der Waals surface area (Å²) in [4.78, 5) is 35.9. The smallest absolute Gasteiger partial charge is 0.258 e. The molecule has 0 bridgehead atoms. The molecule has 2 aromatic carbocycles. The van der Waals surface area contributed by atoms with Crippen molar-refractivity contribution >= 4 is 27.7 Å². The van der Waals surface area contributed by atoms with Gasteiger partial charge in [0.2, 0.25) is 5.91 Å². The van der Waals surface area contributed by atoms with Gasteiger partial charge < -0.3 is 10.3 Å². The maximum Gasteiger partial charge on any atom is 0.258 e. The van der Waals surface area contributed by atoms with Crippen LogP contribution in [0.4, 0.5) is 0 Å². The summed E-state index contributed by atoms with van der Waals surface area (Å²) in [7, 11) is 0. The highest BCUT2D eigenvalue weighted by atomic mass is 16.1. The van der Waals surface area contributed by atoms with E-state index in [1.54, 1.807) is 12.3 Å². The van der Waals surface area contributed by atoms with E-state index in [9.17, 15) is 9.59 Å². The Bertz CT molecular complexity index is 1210. The number of aromatic nitrogens is 3. The number of fused-ring (bicyclic) bond motifs is 2. The lowest BCUT2D eigenvalue weighted by atomic mass is 10.1. The standard InChI is InChI=1S/C23H22N4O2/c28-21(24-15-13-17-7-3-6-16-8-5-14-25-22(16)17)12-4-11-20-26-19-10-2-1-9-18(19)23(29)27-20/h1-3,5-10,14H,4,11-13,15H2,(H,24,28)(H,26,27,29). The van der Waals surface area contributed by atoms with Crippen LogP contribution >= 0.6 is 0 Å². The third kappa shape index (κ3) is 4.48. The van der Waals surface area contributed by atoms with Crippen molar-refractivity contribution in [2.75, 3.05) is 6.54 Å². The molecule has 0 saturated heterocycles. The molecule has 146 valence electrons. The average Bonchev–Trinajstić information content (AvgIpc) is 2.74. The number of nitrogens with one attached hydrogen (secondary N) is 2. The van der Waals surface area contributed by atoms with E-state index in [1.807, 2.05) is 48.5 Å². The predicted molar refractivity (Wildman–Crippen MR) is 114 cm³/mol. The maximum absolute atomic E-state index is 12.1. The Balaban J connectivity index is 1.27. The van der Waals surface area contributed by atoms with E-state index in [-0.39, 0.29) is 11.5 Å². The molecule has 2 heterocycles. The molecule has 0 aliphatic heterocycles. The molecule has 0 atom stereocenters. The molecule has 2 N–H and O–H groups in total. The number of hydrogen-bond acceptors (Lipinski definition) is 4. The summed E-state index contributed by atoms with van der Waals surface area (Å²) in [5, 5.41) is 4.65. The topological polar surface area (TPSA) is 87.7 Å². The number of rotatable bonds is 7. The van der Waals surface area contributed by atoms with Gasteiger partial charge in [0, 0.05) is 31.0 Å². The molecule has 0 fully saturated rings. The van der Waals surface area contributed by atoms with Crippen molar-refractivity contribution < 1.29 is 4.79 Å². The monoisotopic (exact) mass is 386 g/mol. The minimum Gasteiger partial charge on any atom is -0.356 e. The molecule has 0 radical (unpaired) electrons. The quantitative estimate of drug-likeness (QED) is 0.511. The molecule has 29 heavy (non-hydrogen) atoms. The SMILES string of the molecule is O=C(CCCc1nc2ccccc2c(=O)[nH]1)NCCc1cccc2cccnc12. The predicted octanol–water partition coefficient (Wildman–Crippen LogP) is 3.15. The van der Waals surface area contributed by atoms with Crippen LogP contribution in [0.5, 0.6) is 0 Å². The summed E-state index contributed by atoms with van der Waals surface area (Å²) in [5.41, 5.74) is 2.65. The molecule has 0 saturated carbocycles. The van der Waals surface area contributed by atoms with Crippen molar-refractivity contribution in [2.24, 2.45) is 0 Å². The van der Waals surface area contributed by atoms with Crippen molar-refractivity contribution in [3.05, 3.63) is 82.5 Å². The van der Waals surface area contributed by atoms with Crippen molar-refractivity contribution in [2.45, 2.75) is 25.7 Å². The number of aromatic amines is 1. The number of pyridine rings is 1. The van der Waals surface area contributed by atoms with E-state index < -0.39 is 0 Å². The number of aryl methyl sites for hydroxylation is 1. The lowest BCUT2D eigenvalue weighted by Gasteiger charge is -2.08. The summed E-state index contributed by atoms with van der Waals surface area (Å²) < 4.78 is 0. The first-order chi connectivity index (χ1) is 14.2. The fourth-order valence-corrected chi connectivity index (χ4v) is 3.46. The number of benzene rings is 2. The van der Waals surface area contributed by atoms with E-state index in [2.05, 4.69) is 20.3 Å². The first kappa shape index (κ1) is 18.8. The molecule has 0 aliphatic carbocycles. The van der Waals surface area contributed by atoms with Crippen molar-refractivity contribution in [3.8, 4) is 0 Å². The summed E-state index contributed by atoms with van der Waals surface area (Å²) in [6.07, 6.45) is 4.10. The van der Waals surface area contributed by atoms with Crippen LogP contribution in [0.3, 0.4) is 0 Å². The van der Waals surface area contributed by atoms with Crippen LogP contribution in [0.1, 0.15) is 24.2 Å². The van der Waals surface area contributed by atoms with Crippen LogP contribution in [-0.2, 0) is 17.6 Å². The number of carbonyl (C=O) groups is 1. The molecule has 4 aromatic rings. The van der Waals surface area contributed by atoms with Gasteiger partial charge in [0.1, 0.15) is 5.82 Å². The van der Waals surface area contributed by atoms with Gasteiger partial charge in [-0.15, -0.1) is 0 Å². The van der Waals surface area contributed by atoms with Crippen LogP contribution in [0, 0.1) is 0 Å². The van der Waals surface area contributed by atoms with Gasteiger partial charge in [-0.3, -0.25) is 14.6 Å². The third-order valence-electron chi connectivity index (χ3n) is 4.91. The molecule has 0 spiro atoms. The summed E-state index contributed by atoms with van der Waals surface area (Å²) in [6, 6.07) is 17.3. The Kier molecular flexibility index (Phi) is 5.61. The molecule has 2 aromatic heterocycles. The van der Waals surface area contributed by atoms with Crippen molar-refractivity contribution in [3.63, 3.8) is 0 Å². The Labute approximate surface area is 168 Å². The van der Waals surface area contributed by atoms with Crippen molar-refractivity contribution in [1.29, 1.82) is 0 Å². The lowest BCUT2D eigenvalue weighted by Crippen LogP contribution is -2.25. The van der Waals surface area contributed by atoms with Crippen molar-refractivity contribution in [1.82, 2.24) is 20.3 Å². The maximum atomic E-state index is 12.1. The minimum atomic E-state index is -0.140. The van der Waals surface area contributed by atoms with E-state index in [4.69, 9.17) is 0 Å². The number of nitrogens with zero attached hydrogens (tertiary/aromatic N) is 2. The van der Waals surface area contributed by atoms with Gasteiger partial charge in [0.25, 0.3) is 5.56 Å². The second kappa shape index (κ2) is 8.65. The number of para-hydroxylation sites is 2. The normalized spacial score (nSPS) is 11.0. The average molecular weight is 386 g/mol. The molecular formula is C23H22N4O2. The second-order valence-electron chi connectivity index (χ2n) is 6.98. The van der Waals surface area contributed by atoms with E-state index >= 15 is 0 Å². The lowest BCUT2D eigenvalue weighted by molar-refractivity contribution is -0.121. The van der Waals surface area contributed by atoms with Gasteiger partial charge in [-0.1, -0.05) is 36.4 Å². The largest absolute Gasteiger partial charge is 0.356 e. The zero-order chi connectivity index (χ0) is 20.1. The zero-order valence-corrected chi connectivity index (χ0v) is 16.0. The second-order valence-corrected chi connectivity index (χ2v) is 6.98. The molecule has 0 aliphatic rings. The van der Waals surface area contributed by atoms with E-state index in [0.29, 0.717) is 42.5 Å². The van der Waals surface area contributed by atoms with Gasteiger partial charge in [0.05, 0.1) is 16.4 Å². The first-order valence-corrected chi connectivity index (χ1v) is 9.78. The third-order valence-corrected chi connectivity index (χ3v) is 4.91. The van der Waals surface area contributed by atoms with Gasteiger partial charge in [-0.05, 0) is 36.6 Å². The summed E-state index contributed by atoms with van der Waals surface area (Å²) >= 11 is 0. The highest BCUT2D eigenvalue weighted by Crippen LogP contribution is 2.16. The van der Waals surface area contributed by atoms with Gasteiger partial charge in [0.15, 0.2) is 0 Å². The Morgan fingerprint density at radius 3 is 2.79 bits per heavy atom. The van der Waals surface area contributed by atoms with E-state index in [0.717, 1.165) is 22.9 Å². The minimum absolute atomic E-state index is 0.00123. The number of amides is 1. The number of H-pyrrole nitrogens is 1. The van der Waals surface area contributed by atoms with E-state index in [1.165, 1.54) is 0 Å². The zero-order valence-electron chi connectivity index (χ0n) is 16.0. The van der Waals surface area contributed by atoms with Gasteiger partial charge in [-0.2, -0.15) is 0 Å². The fourth-order valence-electron chi connectivity index (χ4n) is 3.46. The highest BCUT2D eigenvalue weighted by molar-refractivity contribution is 5.81. The Morgan fingerprint density at radius 2 is 1.86 bits per heavy atom. The summed E-state index contributed by atoms with van der Waals surface area (Å²) in [5.74, 6) is 0.615. The molecule has 6 heteroatoms. The van der Waals surface area contributed by atoms with Crippen LogP contribution in [0.2, 0.25) is 0 Å². The Morgan fingerprint density at radius 1 is 1.00 bits per heavy atom. The molecule has 4 rings (SSSR count). The number of hydrogen-bond donors (Lipinski definition) is 2. The van der Waals surface area contributed by atoms with Gasteiger partial charge in [-0.25, -0.2) is 4.98 Å². The van der Waals surface area contributed by atoms with Crippen LogP contribution in [0.15, 0.2) is 65.6 Å². The molecular weight excluding hydrogens is 364 g/mol. The van der Waals surface area contributed by atoms with Gasteiger partial charge >= 0.3 is 0 Å².